The van der Waals surface area contributed by atoms with Crippen LogP contribution in [0.15, 0.2) is 34.1 Å². The van der Waals surface area contributed by atoms with Crippen LogP contribution >= 0.6 is 27.3 Å². The first-order valence-electron chi connectivity index (χ1n) is 7.62. The number of hydrogen-bond donors (Lipinski definition) is 1. The maximum absolute atomic E-state index is 3.71. The average Bonchev–Trinajstić information content (AvgIpc) is 2.85. The van der Waals surface area contributed by atoms with Crippen LogP contribution in [0.2, 0.25) is 0 Å². The molecule has 1 nitrogen and oxygen atoms in total. The summed E-state index contributed by atoms with van der Waals surface area (Å²) in [5.41, 5.74) is 4.22. The van der Waals surface area contributed by atoms with E-state index in [4.69, 9.17) is 0 Å². The van der Waals surface area contributed by atoms with Crippen LogP contribution in [0, 0.1) is 13.8 Å². The van der Waals surface area contributed by atoms with Crippen LogP contribution < -0.4 is 5.32 Å². The first-order valence-corrected chi connectivity index (χ1v) is 9.23. The fourth-order valence-corrected chi connectivity index (χ4v) is 4.12. The molecule has 1 unspecified atom stereocenters. The van der Waals surface area contributed by atoms with Crippen molar-refractivity contribution in [1.29, 1.82) is 0 Å². The highest BCUT2D eigenvalue weighted by Gasteiger charge is 2.13. The molecule has 0 aliphatic heterocycles. The van der Waals surface area contributed by atoms with Gasteiger partial charge in [0.05, 0.1) is 3.79 Å². The second-order valence-electron chi connectivity index (χ2n) is 5.70. The van der Waals surface area contributed by atoms with E-state index in [1.807, 2.05) is 11.3 Å². The lowest BCUT2D eigenvalue weighted by atomic mass is 9.97. The molecule has 1 heterocycles. The van der Waals surface area contributed by atoms with Gasteiger partial charge in [-0.2, -0.15) is 0 Å². The van der Waals surface area contributed by atoms with Gasteiger partial charge in [-0.25, -0.2) is 0 Å². The topological polar surface area (TPSA) is 12.0 Å². The molecule has 21 heavy (non-hydrogen) atoms. The average molecular weight is 366 g/mol. The Morgan fingerprint density at radius 3 is 2.62 bits per heavy atom. The van der Waals surface area contributed by atoms with Crippen molar-refractivity contribution in [1.82, 2.24) is 5.32 Å². The van der Waals surface area contributed by atoms with Crippen LogP contribution in [0.5, 0.6) is 0 Å². The van der Waals surface area contributed by atoms with Crippen LogP contribution in [0.25, 0.3) is 0 Å². The quantitative estimate of drug-likeness (QED) is 0.703. The van der Waals surface area contributed by atoms with Gasteiger partial charge in [-0.15, -0.1) is 11.3 Å². The number of rotatable bonds is 7. The Kier molecular flexibility index (Phi) is 6.46. The van der Waals surface area contributed by atoms with Crippen molar-refractivity contribution in [3.63, 3.8) is 0 Å². The van der Waals surface area contributed by atoms with Crippen molar-refractivity contribution >= 4 is 27.3 Å². The predicted molar refractivity (Wildman–Crippen MR) is 97.4 cm³/mol. The Balaban J connectivity index is 2.09. The largest absolute Gasteiger partial charge is 0.313 e. The minimum Gasteiger partial charge on any atom is -0.313 e. The van der Waals surface area contributed by atoms with Gasteiger partial charge in [-0.1, -0.05) is 30.7 Å². The molecule has 0 fully saturated rings. The standard InChI is InChI=1S/C18H24BrNS/c1-4-9-20-16(12-17-7-8-18(19)21-17)11-15-10-13(2)5-6-14(15)3/h5-8,10,16,20H,4,9,11-12H2,1-3H3. The molecule has 0 saturated carbocycles. The summed E-state index contributed by atoms with van der Waals surface area (Å²) in [5.74, 6) is 0. The first-order chi connectivity index (χ1) is 10.1. The SMILES string of the molecule is CCCNC(Cc1ccc(Br)s1)Cc1cc(C)ccc1C. The zero-order valence-electron chi connectivity index (χ0n) is 13.1. The van der Waals surface area contributed by atoms with Crippen LogP contribution in [-0.4, -0.2) is 12.6 Å². The molecular weight excluding hydrogens is 342 g/mol. The Labute approximate surface area is 140 Å². The monoisotopic (exact) mass is 365 g/mol. The molecule has 114 valence electrons. The van der Waals surface area contributed by atoms with E-state index in [-0.39, 0.29) is 0 Å². The molecule has 2 aromatic rings. The Hall–Kier alpha value is -0.640. The molecule has 0 spiro atoms. The minimum absolute atomic E-state index is 0.510. The zero-order chi connectivity index (χ0) is 15.2. The number of halogens is 1. The van der Waals surface area contributed by atoms with Gasteiger partial charge in [-0.05, 0) is 78.8 Å². The van der Waals surface area contributed by atoms with E-state index < -0.39 is 0 Å². The summed E-state index contributed by atoms with van der Waals surface area (Å²) >= 11 is 5.40. The van der Waals surface area contributed by atoms with E-state index in [9.17, 15) is 0 Å². The highest BCUT2D eigenvalue weighted by Crippen LogP contribution is 2.24. The Bertz CT molecular complexity index is 576. The molecule has 1 atom stereocenters. The lowest BCUT2D eigenvalue weighted by molar-refractivity contribution is 0.506. The van der Waals surface area contributed by atoms with E-state index in [1.54, 1.807) is 0 Å². The third-order valence-corrected chi connectivity index (χ3v) is 5.38. The van der Waals surface area contributed by atoms with Crippen molar-refractivity contribution in [2.45, 2.75) is 46.1 Å². The summed E-state index contributed by atoms with van der Waals surface area (Å²) in [6.07, 6.45) is 3.38. The molecule has 3 heteroatoms. The summed E-state index contributed by atoms with van der Waals surface area (Å²) in [4.78, 5) is 1.45. The normalized spacial score (nSPS) is 12.6. The second kappa shape index (κ2) is 8.11. The summed E-state index contributed by atoms with van der Waals surface area (Å²) < 4.78 is 1.22. The lowest BCUT2D eigenvalue weighted by Crippen LogP contribution is -2.33. The summed E-state index contributed by atoms with van der Waals surface area (Å²) in [6, 6.07) is 11.7. The number of hydrogen-bond acceptors (Lipinski definition) is 2. The second-order valence-corrected chi connectivity index (χ2v) is 8.24. The van der Waals surface area contributed by atoms with Crippen LogP contribution in [0.3, 0.4) is 0 Å². The van der Waals surface area contributed by atoms with E-state index in [0.717, 1.165) is 19.4 Å². The molecule has 1 aromatic carbocycles. The fourth-order valence-electron chi connectivity index (χ4n) is 2.55. The van der Waals surface area contributed by atoms with E-state index in [2.05, 4.69) is 72.3 Å². The fraction of sp³-hybridized carbons (Fsp3) is 0.444. The van der Waals surface area contributed by atoms with Crippen molar-refractivity contribution in [2.24, 2.45) is 0 Å². The highest BCUT2D eigenvalue weighted by molar-refractivity contribution is 9.11. The molecule has 1 N–H and O–H groups in total. The van der Waals surface area contributed by atoms with Gasteiger partial charge >= 0.3 is 0 Å². The van der Waals surface area contributed by atoms with E-state index in [1.165, 1.54) is 31.8 Å². The number of nitrogens with one attached hydrogen (secondary N) is 1. The smallest absolute Gasteiger partial charge is 0.0701 e. The Morgan fingerprint density at radius 1 is 1.14 bits per heavy atom. The molecule has 2 rings (SSSR count). The first kappa shape index (κ1) is 16.7. The number of thiophene rings is 1. The van der Waals surface area contributed by atoms with Gasteiger partial charge in [0, 0.05) is 10.9 Å². The molecule has 0 bridgehead atoms. The molecule has 0 radical (unpaired) electrons. The van der Waals surface area contributed by atoms with E-state index in [0.29, 0.717) is 6.04 Å². The Morgan fingerprint density at radius 2 is 1.95 bits per heavy atom. The maximum Gasteiger partial charge on any atom is 0.0701 e. The molecule has 0 aliphatic carbocycles. The summed E-state index contributed by atoms with van der Waals surface area (Å²) in [7, 11) is 0. The van der Waals surface area contributed by atoms with Crippen molar-refractivity contribution in [2.75, 3.05) is 6.54 Å². The van der Waals surface area contributed by atoms with Crippen molar-refractivity contribution in [3.05, 3.63) is 55.7 Å². The third kappa shape index (κ3) is 5.24. The zero-order valence-corrected chi connectivity index (χ0v) is 15.5. The van der Waals surface area contributed by atoms with Gasteiger partial charge in [0.15, 0.2) is 0 Å². The molecular formula is C18H24BrNS. The van der Waals surface area contributed by atoms with Gasteiger partial charge in [0.1, 0.15) is 0 Å². The number of benzene rings is 1. The minimum atomic E-state index is 0.510. The number of aryl methyl sites for hydroxylation is 2. The van der Waals surface area contributed by atoms with Crippen LogP contribution in [-0.2, 0) is 12.8 Å². The third-order valence-electron chi connectivity index (χ3n) is 3.73. The van der Waals surface area contributed by atoms with Crippen molar-refractivity contribution < 1.29 is 0 Å². The van der Waals surface area contributed by atoms with E-state index >= 15 is 0 Å². The lowest BCUT2D eigenvalue weighted by Gasteiger charge is -2.19. The highest BCUT2D eigenvalue weighted by atomic mass is 79.9. The van der Waals surface area contributed by atoms with Gasteiger partial charge in [0.25, 0.3) is 0 Å². The summed E-state index contributed by atoms with van der Waals surface area (Å²) in [5, 5.41) is 3.71. The molecule has 0 aliphatic rings. The molecule has 0 amide bonds. The van der Waals surface area contributed by atoms with Crippen molar-refractivity contribution in [3.8, 4) is 0 Å². The maximum atomic E-state index is 3.71. The molecule has 1 aromatic heterocycles. The summed E-state index contributed by atoms with van der Waals surface area (Å²) in [6.45, 7) is 7.70. The molecule has 0 saturated heterocycles. The van der Waals surface area contributed by atoms with Crippen LogP contribution in [0.1, 0.15) is 34.9 Å². The van der Waals surface area contributed by atoms with Crippen LogP contribution in [0.4, 0.5) is 0 Å². The van der Waals surface area contributed by atoms with Gasteiger partial charge < -0.3 is 5.32 Å². The van der Waals surface area contributed by atoms with Gasteiger partial charge in [0.2, 0.25) is 0 Å². The predicted octanol–water partition coefficient (Wildman–Crippen LogP) is 5.28. The van der Waals surface area contributed by atoms with Gasteiger partial charge in [-0.3, -0.25) is 0 Å².